The minimum atomic E-state index is -0.403. The first-order chi connectivity index (χ1) is 12.3. The highest BCUT2D eigenvalue weighted by atomic mass is 16.6. The van der Waals surface area contributed by atoms with Crippen LogP contribution in [0.25, 0.3) is 0 Å². The molecule has 1 atom stereocenters. The van der Waals surface area contributed by atoms with E-state index in [1.165, 1.54) is 25.7 Å². The third-order valence-electron chi connectivity index (χ3n) is 4.02. The lowest BCUT2D eigenvalue weighted by Crippen LogP contribution is -2.34. The van der Waals surface area contributed by atoms with E-state index in [-0.39, 0.29) is 24.6 Å². The van der Waals surface area contributed by atoms with Crippen LogP contribution in [0.4, 0.5) is 4.79 Å². The summed E-state index contributed by atoms with van der Waals surface area (Å²) in [5.74, 6) is -0.232. The van der Waals surface area contributed by atoms with Gasteiger partial charge in [0.25, 0.3) is 0 Å². The fourth-order valence-electron chi connectivity index (χ4n) is 2.59. The average Bonchev–Trinajstić information content (AvgIpc) is 2.54. The molecule has 6 heteroatoms. The van der Waals surface area contributed by atoms with Crippen LogP contribution < -0.4 is 5.32 Å². The molecule has 0 bridgehead atoms. The van der Waals surface area contributed by atoms with E-state index in [9.17, 15) is 9.59 Å². The maximum absolute atomic E-state index is 12.0. The maximum atomic E-state index is 12.0. The molecule has 26 heavy (non-hydrogen) atoms. The first-order valence-electron chi connectivity index (χ1n) is 10.1. The molecule has 0 aromatic heterocycles. The number of likely N-dealkylation sites (N-methyl/N-ethyl adjacent to an activating group) is 1. The van der Waals surface area contributed by atoms with Crippen molar-refractivity contribution in [2.24, 2.45) is 0 Å². The molecule has 0 saturated carbocycles. The molecule has 0 aliphatic carbocycles. The Morgan fingerprint density at radius 1 is 0.962 bits per heavy atom. The lowest BCUT2D eigenvalue weighted by Gasteiger charge is -2.19. The number of hydrogen-bond acceptors (Lipinski definition) is 5. The van der Waals surface area contributed by atoms with Crippen LogP contribution in [0, 0.1) is 0 Å². The number of amides is 1. The molecule has 0 rings (SSSR count). The standard InChI is InChI=1S/C20H40N2O4/c1-6-7-8-9-10-11-12-18(13-14-19(23)25-17(2)3)26-20(24)21-15-16-22(4)5/h17-18H,6-16H2,1-5H3,(H,21,24). The van der Waals surface area contributed by atoms with Crippen molar-refractivity contribution in [2.75, 3.05) is 27.2 Å². The van der Waals surface area contributed by atoms with Gasteiger partial charge in [0.1, 0.15) is 6.10 Å². The van der Waals surface area contributed by atoms with Gasteiger partial charge in [-0.05, 0) is 47.2 Å². The number of esters is 1. The number of nitrogens with zero attached hydrogens (tertiary/aromatic N) is 1. The molecule has 0 fully saturated rings. The minimum Gasteiger partial charge on any atom is -0.463 e. The van der Waals surface area contributed by atoms with Crippen LogP contribution in [0.15, 0.2) is 0 Å². The van der Waals surface area contributed by atoms with Crippen molar-refractivity contribution in [3.63, 3.8) is 0 Å². The van der Waals surface area contributed by atoms with Crippen LogP contribution in [-0.2, 0) is 14.3 Å². The van der Waals surface area contributed by atoms with Crippen molar-refractivity contribution in [3.05, 3.63) is 0 Å². The Morgan fingerprint density at radius 2 is 1.62 bits per heavy atom. The summed E-state index contributed by atoms with van der Waals surface area (Å²) in [6, 6.07) is 0. The fourth-order valence-corrected chi connectivity index (χ4v) is 2.59. The van der Waals surface area contributed by atoms with Gasteiger partial charge in [-0.15, -0.1) is 0 Å². The van der Waals surface area contributed by atoms with Gasteiger partial charge in [0, 0.05) is 19.5 Å². The second kappa shape index (κ2) is 15.9. The summed E-state index contributed by atoms with van der Waals surface area (Å²) in [7, 11) is 3.91. The van der Waals surface area contributed by atoms with E-state index in [0.717, 1.165) is 25.8 Å². The predicted octanol–water partition coefficient (Wildman–Crippen LogP) is 4.13. The van der Waals surface area contributed by atoms with E-state index in [1.807, 2.05) is 32.8 Å². The van der Waals surface area contributed by atoms with Gasteiger partial charge < -0.3 is 19.7 Å². The van der Waals surface area contributed by atoms with Gasteiger partial charge in [0.05, 0.1) is 6.10 Å². The first kappa shape index (κ1) is 24.7. The molecule has 0 saturated heterocycles. The van der Waals surface area contributed by atoms with Gasteiger partial charge in [-0.1, -0.05) is 39.0 Å². The Morgan fingerprint density at radius 3 is 2.23 bits per heavy atom. The molecule has 0 aromatic carbocycles. The lowest BCUT2D eigenvalue weighted by molar-refractivity contribution is -0.148. The third kappa shape index (κ3) is 16.2. The first-order valence-corrected chi connectivity index (χ1v) is 10.1. The van der Waals surface area contributed by atoms with Crippen molar-refractivity contribution in [2.45, 2.75) is 90.8 Å². The summed E-state index contributed by atoms with van der Waals surface area (Å²) >= 11 is 0. The Kier molecular flexibility index (Phi) is 15.1. The zero-order valence-electron chi connectivity index (χ0n) is 17.5. The molecule has 0 aromatic rings. The second-order valence-electron chi connectivity index (χ2n) is 7.39. The van der Waals surface area contributed by atoms with E-state index in [1.54, 1.807) is 0 Å². The van der Waals surface area contributed by atoms with Gasteiger partial charge in [-0.2, -0.15) is 0 Å². The molecule has 6 nitrogen and oxygen atoms in total. The number of unbranched alkanes of at least 4 members (excludes halogenated alkanes) is 5. The van der Waals surface area contributed by atoms with Crippen LogP contribution in [0.3, 0.4) is 0 Å². The van der Waals surface area contributed by atoms with E-state index >= 15 is 0 Å². The average molecular weight is 373 g/mol. The highest BCUT2D eigenvalue weighted by Gasteiger charge is 2.17. The molecule has 154 valence electrons. The zero-order valence-corrected chi connectivity index (χ0v) is 17.5. The number of nitrogens with one attached hydrogen (secondary N) is 1. The van der Waals surface area contributed by atoms with Crippen LogP contribution in [0.5, 0.6) is 0 Å². The highest BCUT2D eigenvalue weighted by molar-refractivity contribution is 5.70. The number of hydrogen-bond donors (Lipinski definition) is 1. The summed E-state index contributed by atoms with van der Waals surface area (Å²) in [5, 5.41) is 2.76. The van der Waals surface area contributed by atoms with Gasteiger partial charge in [-0.3, -0.25) is 4.79 Å². The topological polar surface area (TPSA) is 67.9 Å². The second-order valence-corrected chi connectivity index (χ2v) is 7.39. The van der Waals surface area contributed by atoms with Gasteiger partial charge in [-0.25, -0.2) is 4.79 Å². The molecular weight excluding hydrogens is 332 g/mol. The molecule has 0 aliphatic rings. The smallest absolute Gasteiger partial charge is 0.407 e. The zero-order chi connectivity index (χ0) is 19.8. The van der Waals surface area contributed by atoms with E-state index in [2.05, 4.69) is 12.2 Å². The predicted molar refractivity (Wildman–Crippen MR) is 105 cm³/mol. The molecule has 0 heterocycles. The number of ether oxygens (including phenoxy) is 2. The van der Waals surface area contributed by atoms with Crippen molar-refractivity contribution >= 4 is 12.1 Å². The lowest BCUT2D eigenvalue weighted by atomic mass is 10.0. The summed E-state index contributed by atoms with van der Waals surface area (Å²) < 4.78 is 10.7. The van der Waals surface area contributed by atoms with Crippen LogP contribution in [-0.4, -0.2) is 56.4 Å². The van der Waals surface area contributed by atoms with Crippen LogP contribution in [0.2, 0.25) is 0 Å². The molecule has 1 unspecified atom stereocenters. The molecule has 0 spiro atoms. The third-order valence-corrected chi connectivity index (χ3v) is 4.02. The van der Waals surface area contributed by atoms with Crippen molar-refractivity contribution in [1.29, 1.82) is 0 Å². The van der Waals surface area contributed by atoms with Crippen LogP contribution >= 0.6 is 0 Å². The van der Waals surface area contributed by atoms with Crippen molar-refractivity contribution in [1.82, 2.24) is 10.2 Å². The van der Waals surface area contributed by atoms with E-state index in [4.69, 9.17) is 9.47 Å². The maximum Gasteiger partial charge on any atom is 0.407 e. The molecule has 1 N–H and O–H groups in total. The molecule has 1 amide bonds. The SMILES string of the molecule is CCCCCCCCC(CCC(=O)OC(C)C)OC(=O)NCCN(C)C. The Balaban J connectivity index is 4.25. The van der Waals surface area contributed by atoms with Crippen LogP contribution in [0.1, 0.15) is 78.6 Å². The van der Waals surface area contributed by atoms with Gasteiger partial charge in [0.2, 0.25) is 0 Å². The normalized spacial score (nSPS) is 12.3. The van der Waals surface area contributed by atoms with Crippen molar-refractivity contribution in [3.8, 4) is 0 Å². The van der Waals surface area contributed by atoms with E-state index < -0.39 is 6.09 Å². The van der Waals surface area contributed by atoms with E-state index in [0.29, 0.717) is 13.0 Å². The Labute approximate surface area is 160 Å². The van der Waals surface area contributed by atoms with Gasteiger partial charge >= 0.3 is 12.1 Å². The fraction of sp³-hybridized carbons (Fsp3) is 0.900. The molecular formula is C20H40N2O4. The Hall–Kier alpha value is -1.30. The monoisotopic (exact) mass is 372 g/mol. The largest absolute Gasteiger partial charge is 0.463 e. The summed E-state index contributed by atoms with van der Waals surface area (Å²) in [6.07, 6.45) is 7.96. The van der Waals surface area contributed by atoms with Gasteiger partial charge in [0.15, 0.2) is 0 Å². The highest BCUT2D eigenvalue weighted by Crippen LogP contribution is 2.15. The molecule has 0 aliphatic heterocycles. The number of carbonyl (C=O) groups is 2. The minimum absolute atomic E-state index is 0.116. The number of carbonyl (C=O) groups excluding carboxylic acids is 2. The number of alkyl carbamates (subject to hydrolysis) is 1. The summed E-state index contributed by atoms with van der Waals surface area (Å²) in [5.41, 5.74) is 0. The molecule has 0 radical (unpaired) electrons. The quantitative estimate of drug-likeness (QED) is 0.346. The Bertz CT molecular complexity index is 373. The van der Waals surface area contributed by atoms with Crippen molar-refractivity contribution < 1.29 is 19.1 Å². The summed E-state index contributed by atoms with van der Waals surface area (Å²) in [6.45, 7) is 7.18. The summed E-state index contributed by atoms with van der Waals surface area (Å²) in [4.78, 5) is 25.7. The number of rotatable bonds is 15.